The van der Waals surface area contributed by atoms with Gasteiger partial charge in [-0.25, -0.2) is 0 Å². The molecule has 1 aliphatic heterocycles. The molecule has 20 heavy (non-hydrogen) atoms. The van der Waals surface area contributed by atoms with Gasteiger partial charge in [0.15, 0.2) is 0 Å². The third kappa shape index (κ3) is 3.51. The molecule has 1 aromatic carbocycles. The van der Waals surface area contributed by atoms with E-state index in [1.165, 1.54) is 5.56 Å². The van der Waals surface area contributed by atoms with Crippen LogP contribution in [0.15, 0.2) is 43.0 Å². The van der Waals surface area contributed by atoms with Crippen molar-refractivity contribution in [1.82, 2.24) is 5.32 Å². The van der Waals surface area contributed by atoms with Crippen molar-refractivity contribution in [2.75, 3.05) is 0 Å². The highest BCUT2D eigenvalue weighted by Crippen LogP contribution is 2.29. The summed E-state index contributed by atoms with van der Waals surface area (Å²) in [6.45, 7) is 3.75. The number of carbonyl (C=O) groups excluding carboxylic acids is 1. The minimum absolute atomic E-state index is 0.0298. The van der Waals surface area contributed by atoms with Crippen molar-refractivity contribution in [2.24, 2.45) is 11.8 Å². The van der Waals surface area contributed by atoms with Crippen LogP contribution in [0.1, 0.15) is 18.4 Å². The van der Waals surface area contributed by atoms with Crippen LogP contribution in [0.5, 0.6) is 0 Å². The van der Waals surface area contributed by atoms with Crippen molar-refractivity contribution in [3.05, 3.63) is 55.0 Å². The molecule has 3 atom stereocenters. The number of hydrogen-bond acceptors (Lipinski definition) is 1. The Bertz CT molecular complexity index is 500. The van der Waals surface area contributed by atoms with E-state index in [1.807, 2.05) is 24.3 Å². The summed E-state index contributed by atoms with van der Waals surface area (Å²) in [5.74, 6) is 2.74. The van der Waals surface area contributed by atoms with Gasteiger partial charge in [-0.15, -0.1) is 18.9 Å². The molecule has 1 amide bonds. The van der Waals surface area contributed by atoms with Crippen LogP contribution in [0.25, 0.3) is 0 Å². The fraction of sp³-hybridized carbons (Fsp3) is 0.333. The zero-order chi connectivity index (χ0) is 14.4. The molecule has 2 nitrogen and oxygen atoms in total. The average molecular weight is 266 g/mol. The van der Waals surface area contributed by atoms with Crippen molar-refractivity contribution in [2.45, 2.75) is 25.3 Å². The second kappa shape index (κ2) is 6.96. The highest BCUT2D eigenvalue weighted by atomic mass is 16.2. The fourth-order valence-corrected chi connectivity index (χ4v) is 2.85. The molecule has 0 saturated carbocycles. The average Bonchev–Trinajstić information content (AvgIpc) is 2.80. The molecular formula is C18H20NO. The first-order valence-corrected chi connectivity index (χ1v) is 6.99. The Morgan fingerprint density at radius 3 is 2.85 bits per heavy atom. The summed E-state index contributed by atoms with van der Waals surface area (Å²) < 4.78 is 0. The van der Waals surface area contributed by atoms with Gasteiger partial charge in [0.2, 0.25) is 5.91 Å². The topological polar surface area (TPSA) is 29.1 Å². The maximum absolute atomic E-state index is 12.1. The summed E-state index contributed by atoms with van der Waals surface area (Å²) >= 11 is 0. The maximum Gasteiger partial charge on any atom is 0.223 e. The van der Waals surface area contributed by atoms with Gasteiger partial charge in [-0.3, -0.25) is 4.79 Å². The minimum Gasteiger partial charge on any atom is -0.353 e. The van der Waals surface area contributed by atoms with Gasteiger partial charge >= 0.3 is 0 Å². The standard InChI is InChI=1S/C18H20NO/c1-3-8-15(9-4-2)17-13-16(19-18(17)20)12-14-10-6-5-7-11-14/h1,4-8,10-11,15-17H,2,9,12-13H2,(H,19,20)/t15?,16-,17?/m0/s1. The van der Waals surface area contributed by atoms with E-state index in [-0.39, 0.29) is 23.8 Å². The molecule has 0 aliphatic carbocycles. The Hall–Kier alpha value is -2.01. The zero-order valence-corrected chi connectivity index (χ0v) is 11.6. The van der Waals surface area contributed by atoms with Gasteiger partial charge in [-0.1, -0.05) is 36.4 Å². The minimum atomic E-state index is -0.0298. The predicted molar refractivity (Wildman–Crippen MR) is 81.6 cm³/mol. The zero-order valence-electron chi connectivity index (χ0n) is 11.6. The predicted octanol–water partition coefficient (Wildman–Crippen LogP) is 2.76. The first-order valence-electron chi connectivity index (χ1n) is 6.99. The summed E-state index contributed by atoms with van der Waals surface area (Å²) in [4.78, 5) is 12.1. The molecule has 1 saturated heterocycles. The van der Waals surface area contributed by atoms with Crippen LogP contribution in [0.2, 0.25) is 0 Å². The number of hydrogen-bond donors (Lipinski definition) is 1. The van der Waals surface area contributed by atoms with E-state index in [2.05, 4.69) is 29.9 Å². The third-order valence-electron chi connectivity index (χ3n) is 3.81. The van der Waals surface area contributed by atoms with Crippen molar-refractivity contribution in [3.8, 4) is 12.3 Å². The van der Waals surface area contributed by atoms with Gasteiger partial charge < -0.3 is 5.32 Å². The second-order valence-corrected chi connectivity index (χ2v) is 5.26. The molecule has 1 radical (unpaired) electrons. The highest BCUT2D eigenvalue weighted by Gasteiger charge is 2.36. The van der Waals surface area contributed by atoms with Crippen LogP contribution in [0.3, 0.4) is 0 Å². The molecule has 103 valence electrons. The van der Waals surface area contributed by atoms with Gasteiger partial charge in [0.05, 0.1) is 0 Å². The first-order chi connectivity index (χ1) is 9.74. The molecule has 1 aliphatic rings. The molecule has 1 aromatic rings. The lowest BCUT2D eigenvalue weighted by atomic mass is 9.84. The Kier molecular flexibility index (Phi) is 5.01. The molecule has 1 N–H and O–H groups in total. The summed E-state index contributed by atoms with van der Waals surface area (Å²) in [5, 5.41) is 3.09. The van der Waals surface area contributed by atoms with E-state index in [4.69, 9.17) is 6.42 Å². The molecule has 2 unspecified atom stereocenters. The molecule has 0 bridgehead atoms. The van der Waals surface area contributed by atoms with E-state index < -0.39 is 0 Å². The molecular weight excluding hydrogens is 246 g/mol. The normalized spacial score (nSPS) is 22.9. The fourth-order valence-electron chi connectivity index (χ4n) is 2.85. The summed E-state index contributed by atoms with van der Waals surface area (Å²) in [5.41, 5.74) is 1.25. The number of amides is 1. The SMILES string of the molecule is C#C[CH]C(CC=C)C1C[C@H](Cc2ccccc2)NC1=O. The van der Waals surface area contributed by atoms with Crippen molar-refractivity contribution in [3.63, 3.8) is 0 Å². The Morgan fingerprint density at radius 2 is 2.20 bits per heavy atom. The van der Waals surface area contributed by atoms with Gasteiger partial charge in [-0.2, -0.15) is 0 Å². The number of benzene rings is 1. The number of terminal acetylenes is 1. The largest absolute Gasteiger partial charge is 0.353 e. The Balaban J connectivity index is 1.99. The number of allylic oxidation sites excluding steroid dienone is 1. The first kappa shape index (κ1) is 14.4. The molecule has 0 spiro atoms. The summed E-state index contributed by atoms with van der Waals surface area (Å²) in [6, 6.07) is 10.4. The lowest BCUT2D eigenvalue weighted by Crippen LogP contribution is -2.29. The Labute approximate surface area is 121 Å². The van der Waals surface area contributed by atoms with Crippen LogP contribution < -0.4 is 5.32 Å². The van der Waals surface area contributed by atoms with Gasteiger partial charge in [0.1, 0.15) is 0 Å². The Morgan fingerprint density at radius 1 is 1.45 bits per heavy atom. The van der Waals surface area contributed by atoms with Crippen molar-refractivity contribution >= 4 is 5.91 Å². The van der Waals surface area contributed by atoms with Gasteiger partial charge in [-0.05, 0) is 30.7 Å². The molecule has 1 heterocycles. The van der Waals surface area contributed by atoms with E-state index in [0.717, 1.165) is 19.3 Å². The van der Waals surface area contributed by atoms with E-state index in [0.29, 0.717) is 0 Å². The lowest BCUT2D eigenvalue weighted by molar-refractivity contribution is -0.123. The number of nitrogens with one attached hydrogen (secondary N) is 1. The van der Waals surface area contributed by atoms with Crippen LogP contribution in [-0.4, -0.2) is 11.9 Å². The number of carbonyl (C=O) groups is 1. The lowest BCUT2D eigenvalue weighted by Gasteiger charge is -2.17. The van der Waals surface area contributed by atoms with Gasteiger partial charge in [0.25, 0.3) is 0 Å². The smallest absolute Gasteiger partial charge is 0.223 e. The summed E-state index contributed by atoms with van der Waals surface area (Å²) in [6.07, 6.45) is 11.4. The molecule has 2 rings (SSSR count). The monoisotopic (exact) mass is 266 g/mol. The van der Waals surface area contributed by atoms with E-state index >= 15 is 0 Å². The maximum atomic E-state index is 12.1. The van der Waals surface area contributed by atoms with Crippen LogP contribution in [0.4, 0.5) is 0 Å². The molecule has 1 fully saturated rings. The molecule has 2 heteroatoms. The second-order valence-electron chi connectivity index (χ2n) is 5.26. The van der Waals surface area contributed by atoms with Gasteiger partial charge in [0, 0.05) is 18.4 Å². The van der Waals surface area contributed by atoms with E-state index in [1.54, 1.807) is 6.42 Å². The van der Waals surface area contributed by atoms with Crippen molar-refractivity contribution in [1.29, 1.82) is 0 Å². The third-order valence-corrected chi connectivity index (χ3v) is 3.81. The van der Waals surface area contributed by atoms with E-state index in [9.17, 15) is 4.79 Å². The van der Waals surface area contributed by atoms with Crippen LogP contribution in [-0.2, 0) is 11.2 Å². The van der Waals surface area contributed by atoms with Crippen LogP contribution in [0, 0.1) is 30.6 Å². The number of rotatable bonds is 6. The quantitative estimate of drug-likeness (QED) is 0.622. The van der Waals surface area contributed by atoms with Crippen molar-refractivity contribution < 1.29 is 4.79 Å². The van der Waals surface area contributed by atoms with Crippen LogP contribution >= 0.6 is 0 Å². The highest BCUT2D eigenvalue weighted by molar-refractivity contribution is 5.82. The summed E-state index contributed by atoms with van der Waals surface area (Å²) in [7, 11) is 0. The molecule has 0 aromatic heterocycles.